The maximum Gasteiger partial charge on any atom is 0.191 e. The van der Waals surface area contributed by atoms with Crippen molar-refractivity contribution in [3.63, 3.8) is 0 Å². The van der Waals surface area contributed by atoms with Crippen molar-refractivity contribution < 1.29 is 9.47 Å². The molecule has 1 fully saturated rings. The second kappa shape index (κ2) is 10.9. The van der Waals surface area contributed by atoms with Crippen LogP contribution in [0.2, 0.25) is 4.34 Å². The maximum atomic E-state index is 5.94. The summed E-state index contributed by atoms with van der Waals surface area (Å²) in [5.74, 6) is 0.861. The van der Waals surface area contributed by atoms with Crippen LogP contribution in [0.3, 0.4) is 0 Å². The molecule has 23 heavy (non-hydrogen) atoms. The molecule has 1 unspecified atom stereocenters. The van der Waals surface area contributed by atoms with Crippen molar-refractivity contribution in [1.29, 1.82) is 0 Å². The van der Waals surface area contributed by atoms with E-state index in [0.717, 1.165) is 69.0 Å². The van der Waals surface area contributed by atoms with Crippen LogP contribution in [-0.2, 0) is 15.9 Å². The van der Waals surface area contributed by atoms with Crippen LogP contribution >= 0.6 is 22.9 Å². The SMILES string of the molecule is CCNC(=NCCCOC1CCOC1)NCCc1ccc(Cl)s1. The van der Waals surface area contributed by atoms with Gasteiger partial charge in [0.2, 0.25) is 0 Å². The fraction of sp³-hybridized carbons (Fsp3) is 0.688. The van der Waals surface area contributed by atoms with Gasteiger partial charge in [-0.1, -0.05) is 11.6 Å². The van der Waals surface area contributed by atoms with E-state index >= 15 is 0 Å². The predicted octanol–water partition coefficient (Wildman–Crippen LogP) is 2.69. The van der Waals surface area contributed by atoms with Gasteiger partial charge < -0.3 is 20.1 Å². The summed E-state index contributed by atoms with van der Waals surface area (Å²) in [6, 6.07) is 4.01. The molecule has 2 rings (SSSR count). The van der Waals surface area contributed by atoms with Gasteiger partial charge in [-0.2, -0.15) is 0 Å². The van der Waals surface area contributed by atoms with Crippen molar-refractivity contribution in [1.82, 2.24) is 10.6 Å². The van der Waals surface area contributed by atoms with Crippen LogP contribution in [0.25, 0.3) is 0 Å². The molecule has 0 spiro atoms. The molecule has 7 heteroatoms. The Morgan fingerprint density at radius 3 is 3.09 bits per heavy atom. The molecule has 2 heterocycles. The molecule has 1 aromatic rings. The van der Waals surface area contributed by atoms with Crippen molar-refractivity contribution in [3.8, 4) is 0 Å². The highest BCUT2D eigenvalue weighted by Crippen LogP contribution is 2.21. The Morgan fingerprint density at radius 1 is 1.48 bits per heavy atom. The average Bonchev–Trinajstić information content (AvgIpc) is 3.19. The molecular weight excluding hydrogens is 334 g/mol. The van der Waals surface area contributed by atoms with Gasteiger partial charge in [0.15, 0.2) is 5.96 Å². The van der Waals surface area contributed by atoms with E-state index in [2.05, 4.69) is 28.6 Å². The van der Waals surface area contributed by atoms with E-state index in [0.29, 0.717) is 0 Å². The van der Waals surface area contributed by atoms with E-state index in [9.17, 15) is 0 Å². The molecule has 5 nitrogen and oxygen atoms in total. The smallest absolute Gasteiger partial charge is 0.191 e. The van der Waals surface area contributed by atoms with E-state index in [1.54, 1.807) is 11.3 Å². The summed E-state index contributed by atoms with van der Waals surface area (Å²) in [7, 11) is 0. The standard InChI is InChI=1S/C16H26ClN3O2S/c1-2-18-16(20-9-6-14-4-5-15(17)23-14)19-8-3-10-22-13-7-11-21-12-13/h4-5,13H,2-3,6-12H2,1H3,(H2,18,19,20). The van der Waals surface area contributed by atoms with Crippen molar-refractivity contribution in [2.24, 2.45) is 4.99 Å². The zero-order valence-corrected chi connectivity index (χ0v) is 15.2. The molecule has 1 atom stereocenters. The number of thiophene rings is 1. The molecule has 2 N–H and O–H groups in total. The second-order valence-corrected chi connectivity index (χ2v) is 7.15. The Morgan fingerprint density at radius 2 is 2.39 bits per heavy atom. The van der Waals surface area contributed by atoms with E-state index in [4.69, 9.17) is 21.1 Å². The van der Waals surface area contributed by atoms with Crippen LogP contribution in [0.5, 0.6) is 0 Å². The Hall–Kier alpha value is -0.820. The fourth-order valence-corrected chi connectivity index (χ4v) is 3.37. The molecular formula is C16H26ClN3O2S. The van der Waals surface area contributed by atoms with Crippen LogP contribution in [-0.4, -0.2) is 51.5 Å². The highest BCUT2D eigenvalue weighted by molar-refractivity contribution is 7.16. The zero-order valence-electron chi connectivity index (χ0n) is 13.6. The normalized spacial score (nSPS) is 18.3. The largest absolute Gasteiger partial charge is 0.379 e. The van der Waals surface area contributed by atoms with E-state index in [1.165, 1.54) is 4.88 Å². The highest BCUT2D eigenvalue weighted by atomic mass is 35.5. The molecule has 1 aliphatic heterocycles. The Bertz CT molecular complexity index is 476. The molecule has 0 amide bonds. The number of halogens is 1. The first-order valence-electron chi connectivity index (χ1n) is 8.23. The molecule has 0 radical (unpaired) electrons. The summed E-state index contributed by atoms with van der Waals surface area (Å²) in [4.78, 5) is 5.86. The van der Waals surface area contributed by atoms with Gasteiger partial charge in [0, 0.05) is 37.7 Å². The molecule has 1 aliphatic rings. The first kappa shape index (κ1) is 18.5. The van der Waals surface area contributed by atoms with Crippen LogP contribution in [0.4, 0.5) is 0 Å². The highest BCUT2D eigenvalue weighted by Gasteiger charge is 2.15. The first-order valence-corrected chi connectivity index (χ1v) is 9.43. The molecule has 0 saturated carbocycles. The summed E-state index contributed by atoms with van der Waals surface area (Å²) in [6.45, 7) is 6.83. The number of hydrogen-bond donors (Lipinski definition) is 2. The van der Waals surface area contributed by atoms with Gasteiger partial charge in [-0.3, -0.25) is 4.99 Å². The summed E-state index contributed by atoms with van der Waals surface area (Å²) in [5, 5.41) is 6.61. The topological polar surface area (TPSA) is 54.9 Å². The van der Waals surface area contributed by atoms with Crippen molar-refractivity contribution in [2.75, 3.05) is 39.5 Å². The van der Waals surface area contributed by atoms with Crippen molar-refractivity contribution in [3.05, 3.63) is 21.3 Å². The van der Waals surface area contributed by atoms with E-state index in [-0.39, 0.29) is 6.10 Å². The third kappa shape index (κ3) is 7.52. The lowest BCUT2D eigenvalue weighted by molar-refractivity contribution is 0.0424. The lowest BCUT2D eigenvalue weighted by Gasteiger charge is -2.11. The second-order valence-electron chi connectivity index (χ2n) is 5.35. The van der Waals surface area contributed by atoms with Crippen LogP contribution < -0.4 is 10.6 Å². The number of hydrogen-bond acceptors (Lipinski definition) is 4. The minimum absolute atomic E-state index is 0.281. The zero-order chi connectivity index (χ0) is 16.3. The third-order valence-corrected chi connectivity index (χ3v) is 4.74. The minimum atomic E-state index is 0.281. The number of ether oxygens (including phenoxy) is 2. The van der Waals surface area contributed by atoms with Crippen LogP contribution in [0.15, 0.2) is 17.1 Å². The number of nitrogens with one attached hydrogen (secondary N) is 2. The lowest BCUT2D eigenvalue weighted by atomic mass is 10.3. The predicted molar refractivity (Wildman–Crippen MR) is 96.8 cm³/mol. The summed E-state index contributed by atoms with van der Waals surface area (Å²) in [6.07, 6.45) is 3.17. The summed E-state index contributed by atoms with van der Waals surface area (Å²) >= 11 is 7.57. The van der Waals surface area contributed by atoms with Gasteiger partial charge in [-0.25, -0.2) is 0 Å². The first-order chi connectivity index (χ1) is 11.3. The van der Waals surface area contributed by atoms with Crippen LogP contribution in [0.1, 0.15) is 24.6 Å². The summed E-state index contributed by atoms with van der Waals surface area (Å²) < 4.78 is 11.9. The molecule has 1 saturated heterocycles. The Kier molecular flexibility index (Phi) is 8.74. The molecule has 1 aromatic heterocycles. The van der Waals surface area contributed by atoms with Crippen LogP contribution in [0, 0.1) is 0 Å². The Balaban J connectivity index is 1.60. The molecule has 0 bridgehead atoms. The summed E-state index contributed by atoms with van der Waals surface area (Å²) in [5.41, 5.74) is 0. The van der Waals surface area contributed by atoms with Gasteiger partial charge >= 0.3 is 0 Å². The Labute approximate surface area is 147 Å². The lowest BCUT2D eigenvalue weighted by Crippen LogP contribution is -2.38. The van der Waals surface area contributed by atoms with E-state index < -0.39 is 0 Å². The monoisotopic (exact) mass is 359 g/mol. The van der Waals surface area contributed by atoms with Gasteiger partial charge in [-0.15, -0.1) is 11.3 Å². The third-order valence-electron chi connectivity index (χ3n) is 3.45. The van der Waals surface area contributed by atoms with Crippen molar-refractivity contribution in [2.45, 2.75) is 32.3 Å². The quantitative estimate of drug-likeness (QED) is 0.404. The fourth-order valence-electron chi connectivity index (χ4n) is 2.28. The molecule has 0 aromatic carbocycles. The van der Waals surface area contributed by atoms with E-state index in [1.807, 2.05) is 6.07 Å². The van der Waals surface area contributed by atoms with Gasteiger partial charge in [-0.05, 0) is 38.3 Å². The van der Waals surface area contributed by atoms with Gasteiger partial charge in [0.05, 0.1) is 17.0 Å². The average molecular weight is 360 g/mol. The molecule has 130 valence electrons. The number of rotatable bonds is 9. The van der Waals surface area contributed by atoms with Gasteiger partial charge in [0.1, 0.15) is 0 Å². The minimum Gasteiger partial charge on any atom is -0.379 e. The number of guanidine groups is 1. The van der Waals surface area contributed by atoms with Gasteiger partial charge in [0.25, 0.3) is 0 Å². The molecule has 0 aliphatic carbocycles. The number of aliphatic imine (C=N–C) groups is 1. The van der Waals surface area contributed by atoms with Crippen molar-refractivity contribution >= 4 is 28.9 Å². The maximum absolute atomic E-state index is 5.94. The number of nitrogens with zero attached hydrogens (tertiary/aromatic N) is 1.